The maximum Gasteiger partial charge on any atom is 0.0494 e. The molecule has 0 saturated carbocycles. The van der Waals surface area contributed by atoms with E-state index in [1.807, 2.05) is 0 Å². The van der Waals surface area contributed by atoms with Crippen molar-refractivity contribution in [3.8, 4) is 0 Å². The Labute approximate surface area is 387 Å². The highest BCUT2D eigenvalue weighted by Crippen LogP contribution is 2.23. The summed E-state index contributed by atoms with van der Waals surface area (Å²) in [4.78, 5) is 0. The fourth-order valence-electron chi connectivity index (χ4n) is 9.10. The van der Waals surface area contributed by atoms with Crippen LogP contribution in [0, 0.1) is 23.7 Å². The van der Waals surface area contributed by atoms with Crippen LogP contribution in [0.15, 0.2) is 0 Å². The van der Waals surface area contributed by atoms with Gasteiger partial charge >= 0.3 is 0 Å². The highest BCUT2D eigenvalue weighted by Gasteiger charge is 2.11. The van der Waals surface area contributed by atoms with E-state index in [0.29, 0.717) is 0 Å². The first-order valence-electron chi connectivity index (χ1n) is 28.7. The minimum absolute atomic E-state index is 0.747. The molecule has 0 amide bonds. The summed E-state index contributed by atoms with van der Waals surface area (Å²) in [5.41, 5.74) is 0. The van der Waals surface area contributed by atoms with E-state index in [2.05, 4.69) is 41.5 Å². The van der Waals surface area contributed by atoms with E-state index in [9.17, 15) is 0 Å². The van der Waals surface area contributed by atoms with Gasteiger partial charge in [0.1, 0.15) is 0 Å². The van der Waals surface area contributed by atoms with Crippen molar-refractivity contribution in [2.24, 2.45) is 23.7 Å². The number of hydrogen-bond donors (Lipinski definition) is 0. The van der Waals surface area contributed by atoms with Crippen LogP contribution in [-0.2, 0) is 14.2 Å². The molecule has 3 nitrogen and oxygen atoms in total. The third-order valence-electron chi connectivity index (χ3n) is 13.6. The molecule has 61 heavy (non-hydrogen) atoms. The van der Waals surface area contributed by atoms with Crippen molar-refractivity contribution in [3.63, 3.8) is 0 Å². The topological polar surface area (TPSA) is 27.7 Å². The molecule has 0 N–H and O–H groups in total. The summed E-state index contributed by atoms with van der Waals surface area (Å²) in [5.74, 6) is 3.07. The van der Waals surface area contributed by atoms with Crippen molar-refractivity contribution in [3.05, 3.63) is 0 Å². The molecule has 0 aromatic carbocycles. The smallest absolute Gasteiger partial charge is 0.0494 e. The van der Waals surface area contributed by atoms with Gasteiger partial charge in [-0.05, 0) is 75.0 Å². The molecule has 0 aromatic rings. The predicted octanol–water partition coefficient (Wildman–Crippen LogP) is 20.0. The molecule has 0 radical (unpaired) electrons. The lowest BCUT2D eigenvalue weighted by Crippen LogP contribution is -2.12. The number of hydrogen-bond acceptors (Lipinski definition) is 3. The van der Waals surface area contributed by atoms with Crippen LogP contribution < -0.4 is 0 Å². The van der Waals surface area contributed by atoms with Gasteiger partial charge in [-0.2, -0.15) is 0 Å². The van der Waals surface area contributed by atoms with Crippen molar-refractivity contribution >= 4 is 0 Å². The summed E-state index contributed by atoms with van der Waals surface area (Å²) in [6.07, 6.45) is 58.7. The van der Waals surface area contributed by atoms with Gasteiger partial charge in [-0.15, -0.1) is 0 Å². The molecule has 0 fully saturated rings. The Balaban J connectivity index is 3.74. The van der Waals surface area contributed by atoms with Gasteiger partial charge < -0.3 is 14.2 Å². The SMILES string of the molecule is CCCCCCCCCCCCC(CCCCCCCCCCOCCCCCCCCCCC(CCCCCCCCCCCC)COCCC(C)C)COCCC(C)C. The van der Waals surface area contributed by atoms with Crippen molar-refractivity contribution in [2.75, 3.05) is 39.6 Å². The van der Waals surface area contributed by atoms with E-state index >= 15 is 0 Å². The maximum atomic E-state index is 6.17. The number of ether oxygens (including phenoxy) is 3. The predicted molar refractivity (Wildman–Crippen MR) is 274 cm³/mol. The zero-order valence-electron chi connectivity index (χ0n) is 43.5. The molecule has 0 heterocycles. The van der Waals surface area contributed by atoms with Crippen molar-refractivity contribution in [1.29, 1.82) is 0 Å². The second-order valence-electron chi connectivity index (χ2n) is 21.0. The summed E-state index contributed by atoms with van der Waals surface area (Å²) in [7, 11) is 0. The highest BCUT2D eigenvalue weighted by atomic mass is 16.5. The minimum atomic E-state index is 0.747. The molecule has 0 spiro atoms. The van der Waals surface area contributed by atoms with Gasteiger partial charge in [0.05, 0.1) is 0 Å². The van der Waals surface area contributed by atoms with Crippen molar-refractivity contribution in [2.45, 2.75) is 311 Å². The summed E-state index contributed by atoms with van der Waals surface area (Å²) >= 11 is 0. The molecular weight excluding hydrogens is 745 g/mol. The molecule has 3 heteroatoms. The highest BCUT2D eigenvalue weighted by molar-refractivity contribution is 4.63. The van der Waals surface area contributed by atoms with E-state index in [1.54, 1.807) is 0 Å². The zero-order chi connectivity index (χ0) is 44.4. The molecule has 0 aliphatic carbocycles. The quantitative estimate of drug-likeness (QED) is 0.0570. The normalized spacial score (nSPS) is 13.0. The fraction of sp³-hybridized carbons (Fsp3) is 1.00. The molecular formula is C58H118O3. The van der Waals surface area contributed by atoms with Crippen LogP contribution in [0.25, 0.3) is 0 Å². The minimum Gasteiger partial charge on any atom is -0.381 e. The van der Waals surface area contributed by atoms with Crippen LogP contribution in [0.4, 0.5) is 0 Å². The molecule has 0 saturated heterocycles. The second-order valence-corrected chi connectivity index (χ2v) is 21.0. The third-order valence-corrected chi connectivity index (χ3v) is 13.6. The van der Waals surface area contributed by atoms with Crippen LogP contribution >= 0.6 is 0 Å². The Bertz CT molecular complexity index is 704. The lowest BCUT2D eigenvalue weighted by molar-refractivity contribution is 0.0833. The summed E-state index contributed by atoms with van der Waals surface area (Å²) in [5, 5.41) is 0. The van der Waals surface area contributed by atoms with E-state index < -0.39 is 0 Å². The first kappa shape index (κ1) is 60.9. The van der Waals surface area contributed by atoms with Gasteiger partial charge in [0.2, 0.25) is 0 Å². The summed E-state index contributed by atoms with van der Waals surface area (Å²) in [6, 6.07) is 0. The van der Waals surface area contributed by atoms with Crippen LogP contribution in [0.2, 0.25) is 0 Å². The second kappa shape index (κ2) is 52.5. The molecule has 2 unspecified atom stereocenters. The van der Waals surface area contributed by atoms with Gasteiger partial charge in [-0.3, -0.25) is 0 Å². The first-order valence-corrected chi connectivity index (χ1v) is 28.7. The van der Waals surface area contributed by atoms with Crippen LogP contribution in [0.3, 0.4) is 0 Å². The Morgan fingerprint density at radius 1 is 0.230 bits per heavy atom. The monoisotopic (exact) mass is 863 g/mol. The molecule has 0 aromatic heterocycles. The van der Waals surface area contributed by atoms with Gasteiger partial charge in [-0.25, -0.2) is 0 Å². The van der Waals surface area contributed by atoms with Gasteiger partial charge in [0.25, 0.3) is 0 Å². The zero-order valence-corrected chi connectivity index (χ0v) is 43.5. The Kier molecular flexibility index (Phi) is 52.4. The van der Waals surface area contributed by atoms with Gasteiger partial charge in [0, 0.05) is 39.6 Å². The van der Waals surface area contributed by atoms with E-state index in [0.717, 1.165) is 63.3 Å². The summed E-state index contributed by atoms with van der Waals surface area (Å²) in [6.45, 7) is 19.7. The lowest BCUT2D eigenvalue weighted by Gasteiger charge is -2.18. The van der Waals surface area contributed by atoms with E-state index in [1.165, 1.54) is 270 Å². The van der Waals surface area contributed by atoms with Crippen LogP contribution in [-0.4, -0.2) is 39.6 Å². The van der Waals surface area contributed by atoms with Crippen molar-refractivity contribution in [1.82, 2.24) is 0 Å². The van der Waals surface area contributed by atoms with Gasteiger partial charge in [-0.1, -0.05) is 260 Å². The molecule has 0 aliphatic rings. The van der Waals surface area contributed by atoms with Gasteiger partial charge in [0.15, 0.2) is 0 Å². The fourth-order valence-corrected chi connectivity index (χ4v) is 9.10. The molecule has 0 rings (SSSR count). The third kappa shape index (κ3) is 52.4. The van der Waals surface area contributed by atoms with Crippen LogP contribution in [0.1, 0.15) is 311 Å². The molecule has 368 valence electrons. The van der Waals surface area contributed by atoms with E-state index in [4.69, 9.17) is 14.2 Å². The standard InChI is InChI=1S/C58H118O3/c1-7-9-11-13-15-17-19-25-31-37-43-57(53-60-51-47-55(3)4)45-39-33-27-21-23-29-35-41-49-59-50-42-36-30-24-22-28-34-40-46-58(54-61-52-48-56(5)6)44-38-32-26-20-18-16-14-12-10-8-2/h55-58H,7-54H2,1-6H3. The molecule has 2 atom stereocenters. The van der Waals surface area contributed by atoms with Crippen LogP contribution in [0.5, 0.6) is 0 Å². The first-order chi connectivity index (χ1) is 30.0. The maximum absolute atomic E-state index is 6.17. The molecule has 0 aliphatic heterocycles. The van der Waals surface area contributed by atoms with Crippen molar-refractivity contribution < 1.29 is 14.2 Å². The Morgan fingerprint density at radius 3 is 0.705 bits per heavy atom. The average Bonchev–Trinajstić information content (AvgIpc) is 3.24. The molecule has 0 bridgehead atoms. The van der Waals surface area contributed by atoms with E-state index in [-0.39, 0.29) is 0 Å². The lowest BCUT2D eigenvalue weighted by atomic mass is 9.94. The number of unbranched alkanes of at least 4 members (excludes halogenated alkanes) is 32. The Hall–Kier alpha value is -0.120. The Morgan fingerprint density at radius 2 is 0.459 bits per heavy atom. The average molecular weight is 864 g/mol. The largest absolute Gasteiger partial charge is 0.381 e. The summed E-state index contributed by atoms with van der Waals surface area (Å²) < 4.78 is 18.4. The number of rotatable bonds is 54.